The highest BCUT2D eigenvalue weighted by Gasteiger charge is 2.18. The summed E-state index contributed by atoms with van der Waals surface area (Å²) < 4.78 is 47.8. The number of hydrogen-bond acceptors (Lipinski definition) is 7. The Labute approximate surface area is 211 Å². The Hall–Kier alpha value is -4.05. The fourth-order valence-corrected chi connectivity index (χ4v) is 4.16. The zero-order valence-corrected chi connectivity index (χ0v) is 20.1. The average Bonchev–Trinajstić information content (AvgIpc) is 3.42. The van der Waals surface area contributed by atoms with Crippen LogP contribution in [0.5, 0.6) is 17.5 Å². The smallest absolute Gasteiger partial charge is 0.387 e. The van der Waals surface area contributed by atoms with Crippen molar-refractivity contribution in [3.05, 3.63) is 71.1 Å². The molecule has 37 heavy (non-hydrogen) atoms. The maximum atomic E-state index is 13.8. The Kier molecular flexibility index (Phi) is 7.27. The molecule has 5 rings (SSSR count). The predicted molar refractivity (Wildman–Crippen MR) is 133 cm³/mol. The average molecular weight is 510 g/mol. The van der Waals surface area contributed by atoms with Crippen molar-refractivity contribution in [2.24, 2.45) is 5.92 Å². The molecule has 0 N–H and O–H groups in total. The molecule has 1 aliphatic heterocycles. The van der Waals surface area contributed by atoms with Gasteiger partial charge < -0.3 is 18.9 Å². The van der Waals surface area contributed by atoms with Crippen molar-refractivity contribution >= 4 is 11.0 Å². The Morgan fingerprint density at radius 3 is 2.57 bits per heavy atom. The molecule has 0 saturated carbocycles. The fourth-order valence-electron chi connectivity index (χ4n) is 4.16. The number of pyridine rings is 3. The monoisotopic (exact) mass is 509 g/mol. The first-order valence-corrected chi connectivity index (χ1v) is 11.9. The highest BCUT2D eigenvalue weighted by molar-refractivity contribution is 5.83. The molecular weight excluding hydrogens is 484 g/mol. The molecule has 0 bridgehead atoms. The third kappa shape index (κ3) is 5.54. The molecule has 3 aromatic heterocycles. The van der Waals surface area contributed by atoms with E-state index in [-0.39, 0.29) is 11.3 Å². The van der Waals surface area contributed by atoms with Gasteiger partial charge in [0.15, 0.2) is 5.65 Å². The lowest BCUT2D eigenvalue weighted by molar-refractivity contribution is -0.0498. The van der Waals surface area contributed by atoms with Gasteiger partial charge >= 0.3 is 6.61 Å². The van der Waals surface area contributed by atoms with Crippen molar-refractivity contribution in [1.82, 2.24) is 14.5 Å². The van der Waals surface area contributed by atoms with E-state index >= 15 is 0 Å². The summed E-state index contributed by atoms with van der Waals surface area (Å²) in [6.07, 6.45) is 2.55. The summed E-state index contributed by atoms with van der Waals surface area (Å²) in [4.78, 5) is 22.7. The van der Waals surface area contributed by atoms with Crippen LogP contribution in [-0.4, -0.2) is 47.6 Å². The number of hydrogen-bond donors (Lipinski definition) is 0. The summed E-state index contributed by atoms with van der Waals surface area (Å²) in [5, 5.41) is 0.688. The number of nitrogens with zero attached hydrogens (tertiary/aromatic N) is 3. The second kappa shape index (κ2) is 10.9. The number of halogens is 2. The molecular formula is C27H25F2N3O5. The Balaban J connectivity index is 1.54. The molecule has 1 saturated heterocycles. The van der Waals surface area contributed by atoms with Gasteiger partial charge in [0.2, 0.25) is 11.8 Å². The third-order valence-corrected chi connectivity index (χ3v) is 5.98. The van der Waals surface area contributed by atoms with E-state index in [1.54, 1.807) is 30.5 Å². The minimum atomic E-state index is -2.95. The van der Waals surface area contributed by atoms with Crippen LogP contribution < -0.4 is 19.8 Å². The largest absolute Gasteiger partial charge is 0.478 e. The van der Waals surface area contributed by atoms with Crippen molar-refractivity contribution in [1.29, 1.82) is 0 Å². The van der Waals surface area contributed by atoms with Crippen LogP contribution in [0.1, 0.15) is 13.3 Å². The molecule has 1 aliphatic rings. The molecule has 4 heterocycles. The molecule has 0 aliphatic carbocycles. The minimum absolute atomic E-state index is 0.0146. The highest BCUT2D eigenvalue weighted by atomic mass is 19.3. The first kappa shape index (κ1) is 24.6. The van der Waals surface area contributed by atoms with Crippen LogP contribution in [0.25, 0.3) is 27.8 Å². The van der Waals surface area contributed by atoms with Crippen LogP contribution in [0.4, 0.5) is 8.78 Å². The molecule has 0 spiro atoms. The second-order valence-corrected chi connectivity index (χ2v) is 8.49. The fraction of sp³-hybridized carbons (Fsp3) is 0.296. The normalized spacial score (nSPS) is 15.3. The topological polar surface area (TPSA) is 84.7 Å². The van der Waals surface area contributed by atoms with Crippen LogP contribution in [0.15, 0.2) is 65.6 Å². The Morgan fingerprint density at radius 2 is 1.89 bits per heavy atom. The van der Waals surface area contributed by atoms with Crippen LogP contribution in [0, 0.1) is 5.92 Å². The van der Waals surface area contributed by atoms with E-state index in [2.05, 4.69) is 14.7 Å². The van der Waals surface area contributed by atoms with Crippen molar-refractivity contribution in [2.45, 2.75) is 20.0 Å². The Morgan fingerprint density at radius 1 is 1.08 bits per heavy atom. The van der Waals surface area contributed by atoms with E-state index in [0.29, 0.717) is 65.3 Å². The molecule has 10 heteroatoms. The summed E-state index contributed by atoms with van der Waals surface area (Å²) in [6.45, 7) is 1.26. The van der Waals surface area contributed by atoms with E-state index in [0.717, 1.165) is 13.0 Å². The standard InChI is InChI=1S/C27H25F2N3O5/c1-2-35-24-10-3-18-13-22(19-4-9-23(30-14-19)36-16-17-11-12-34-15-17)26(33)32(25(18)31-24)20-5-7-21(8-6-20)37-27(28)29/h3-10,13-14,17,27H,2,11-12,15-16H2,1H3. The van der Waals surface area contributed by atoms with Gasteiger partial charge in [-0.2, -0.15) is 13.8 Å². The number of alkyl halides is 2. The quantitative estimate of drug-likeness (QED) is 0.319. The van der Waals surface area contributed by atoms with E-state index in [1.165, 1.54) is 28.8 Å². The lowest BCUT2D eigenvalue weighted by Crippen LogP contribution is -2.21. The van der Waals surface area contributed by atoms with Gasteiger partial charge in [-0.3, -0.25) is 9.36 Å². The van der Waals surface area contributed by atoms with E-state index in [4.69, 9.17) is 14.2 Å². The first-order chi connectivity index (χ1) is 18.0. The molecule has 1 atom stereocenters. The zero-order valence-electron chi connectivity index (χ0n) is 20.1. The molecule has 1 unspecified atom stereocenters. The van der Waals surface area contributed by atoms with Gasteiger partial charge in [-0.1, -0.05) is 0 Å². The number of fused-ring (bicyclic) bond motifs is 1. The van der Waals surface area contributed by atoms with Gasteiger partial charge in [0.1, 0.15) is 5.75 Å². The SMILES string of the molecule is CCOc1ccc2cc(-c3ccc(OCC4CCOC4)nc3)c(=O)n(-c3ccc(OC(F)F)cc3)c2n1. The van der Waals surface area contributed by atoms with Crippen molar-refractivity contribution in [3.63, 3.8) is 0 Å². The van der Waals surface area contributed by atoms with E-state index in [1.807, 2.05) is 13.0 Å². The molecule has 8 nitrogen and oxygen atoms in total. The molecule has 0 amide bonds. The summed E-state index contributed by atoms with van der Waals surface area (Å²) in [5.74, 6) is 1.17. The predicted octanol–water partition coefficient (Wildman–Crippen LogP) is 4.86. The Bertz CT molecular complexity index is 1420. The highest BCUT2D eigenvalue weighted by Crippen LogP contribution is 2.26. The number of benzene rings is 1. The number of rotatable bonds is 9. The first-order valence-electron chi connectivity index (χ1n) is 11.9. The van der Waals surface area contributed by atoms with Gasteiger partial charge in [-0.25, -0.2) is 4.98 Å². The second-order valence-electron chi connectivity index (χ2n) is 8.49. The van der Waals surface area contributed by atoms with Crippen LogP contribution >= 0.6 is 0 Å². The summed E-state index contributed by atoms with van der Waals surface area (Å²) in [6, 6.07) is 14.6. The number of aromatic nitrogens is 3. The molecule has 4 aromatic rings. The minimum Gasteiger partial charge on any atom is -0.478 e. The van der Waals surface area contributed by atoms with Gasteiger partial charge in [0.05, 0.1) is 25.5 Å². The summed E-state index contributed by atoms with van der Waals surface area (Å²) in [5.41, 5.74) is 1.45. The third-order valence-electron chi connectivity index (χ3n) is 5.98. The van der Waals surface area contributed by atoms with Crippen LogP contribution in [0.2, 0.25) is 0 Å². The maximum absolute atomic E-state index is 13.8. The van der Waals surface area contributed by atoms with Crippen molar-refractivity contribution < 1.29 is 27.7 Å². The molecule has 1 fully saturated rings. The van der Waals surface area contributed by atoms with Gasteiger partial charge in [0, 0.05) is 47.4 Å². The van der Waals surface area contributed by atoms with Crippen molar-refractivity contribution in [2.75, 3.05) is 26.4 Å². The summed E-state index contributed by atoms with van der Waals surface area (Å²) in [7, 11) is 0. The molecule has 0 radical (unpaired) electrons. The van der Waals surface area contributed by atoms with Crippen molar-refractivity contribution in [3.8, 4) is 34.3 Å². The zero-order chi connectivity index (χ0) is 25.8. The van der Waals surface area contributed by atoms with Gasteiger partial charge in [0.25, 0.3) is 5.56 Å². The van der Waals surface area contributed by atoms with E-state index in [9.17, 15) is 13.6 Å². The summed E-state index contributed by atoms with van der Waals surface area (Å²) >= 11 is 0. The van der Waals surface area contributed by atoms with E-state index < -0.39 is 6.61 Å². The van der Waals surface area contributed by atoms with Gasteiger partial charge in [-0.05, 0) is 55.8 Å². The number of ether oxygens (including phenoxy) is 4. The van der Waals surface area contributed by atoms with Crippen LogP contribution in [-0.2, 0) is 4.74 Å². The van der Waals surface area contributed by atoms with Crippen LogP contribution in [0.3, 0.4) is 0 Å². The molecule has 192 valence electrons. The molecule has 1 aromatic carbocycles. The maximum Gasteiger partial charge on any atom is 0.387 e. The van der Waals surface area contributed by atoms with Gasteiger partial charge in [-0.15, -0.1) is 0 Å². The lowest BCUT2D eigenvalue weighted by Gasteiger charge is -2.14. The lowest BCUT2D eigenvalue weighted by atomic mass is 10.1.